The van der Waals surface area contributed by atoms with E-state index in [2.05, 4.69) is 24.1 Å². The molecule has 1 N–H and O–H groups in total. The Morgan fingerprint density at radius 2 is 1.67 bits per heavy atom. The van der Waals surface area contributed by atoms with Gasteiger partial charge in [0.25, 0.3) is 5.91 Å². The van der Waals surface area contributed by atoms with Crippen LogP contribution in [-0.4, -0.2) is 42.8 Å². The van der Waals surface area contributed by atoms with Crippen molar-refractivity contribution in [2.75, 3.05) is 26.2 Å². The van der Waals surface area contributed by atoms with Crippen molar-refractivity contribution in [1.82, 2.24) is 10.2 Å². The monoisotopic (exact) mass is 290 g/mol. The molecule has 1 aromatic rings. The number of benzene rings is 1. The lowest BCUT2D eigenvalue weighted by Gasteiger charge is -2.18. The Kier molecular flexibility index (Phi) is 7.09. The third kappa shape index (κ3) is 4.97. The molecule has 0 saturated heterocycles. The van der Waals surface area contributed by atoms with Gasteiger partial charge in [0.2, 0.25) is 0 Å². The molecule has 116 valence electrons. The van der Waals surface area contributed by atoms with E-state index in [1.165, 1.54) is 0 Å². The van der Waals surface area contributed by atoms with E-state index in [-0.39, 0.29) is 17.6 Å². The van der Waals surface area contributed by atoms with Crippen LogP contribution in [0, 0.1) is 5.92 Å². The molecular formula is C17H26N2O2. The fourth-order valence-electron chi connectivity index (χ4n) is 2.17. The van der Waals surface area contributed by atoms with Gasteiger partial charge in [-0.05, 0) is 19.2 Å². The van der Waals surface area contributed by atoms with E-state index in [1.807, 2.05) is 13.8 Å². The summed E-state index contributed by atoms with van der Waals surface area (Å²) in [6.07, 6.45) is 0. The summed E-state index contributed by atoms with van der Waals surface area (Å²) >= 11 is 0. The standard InChI is InChI=1S/C17H26N2O2/c1-5-19(6-2)12-11-18-17(21)15-10-8-7-9-14(15)16(20)13(3)4/h7-10,13H,5-6,11-12H2,1-4H3,(H,18,21). The maximum atomic E-state index is 12.3. The Morgan fingerprint density at radius 3 is 2.19 bits per heavy atom. The van der Waals surface area contributed by atoms with Gasteiger partial charge in [0.15, 0.2) is 5.78 Å². The molecule has 0 spiro atoms. The van der Waals surface area contributed by atoms with Crippen LogP contribution >= 0.6 is 0 Å². The van der Waals surface area contributed by atoms with Gasteiger partial charge in [0, 0.05) is 24.6 Å². The van der Waals surface area contributed by atoms with Crippen LogP contribution in [0.5, 0.6) is 0 Å². The molecule has 0 heterocycles. The molecular weight excluding hydrogens is 264 g/mol. The number of hydrogen-bond donors (Lipinski definition) is 1. The van der Waals surface area contributed by atoms with Crippen molar-refractivity contribution < 1.29 is 9.59 Å². The van der Waals surface area contributed by atoms with E-state index in [9.17, 15) is 9.59 Å². The highest BCUT2D eigenvalue weighted by Crippen LogP contribution is 2.14. The highest BCUT2D eigenvalue weighted by Gasteiger charge is 2.18. The summed E-state index contributed by atoms with van der Waals surface area (Å²) < 4.78 is 0. The fourth-order valence-corrected chi connectivity index (χ4v) is 2.17. The lowest BCUT2D eigenvalue weighted by Crippen LogP contribution is -2.35. The van der Waals surface area contributed by atoms with Crippen LogP contribution in [-0.2, 0) is 0 Å². The first-order valence-corrected chi connectivity index (χ1v) is 7.65. The molecule has 0 aliphatic rings. The van der Waals surface area contributed by atoms with Crippen molar-refractivity contribution in [3.05, 3.63) is 35.4 Å². The summed E-state index contributed by atoms with van der Waals surface area (Å²) in [5.41, 5.74) is 0.976. The minimum absolute atomic E-state index is 0.00416. The lowest BCUT2D eigenvalue weighted by atomic mass is 9.96. The third-order valence-corrected chi connectivity index (χ3v) is 3.57. The zero-order chi connectivity index (χ0) is 15.8. The van der Waals surface area contributed by atoms with Crippen LogP contribution in [0.2, 0.25) is 0 Å². The number of amides is 1. The van der Waals surface area contributed by atoms with Crippen LogP contribution in [0.1, 0.15) is 48.4 Å². The van der Waals surface area contributed by atoms with Gasteiger partial charge in [0.05, 0.1) is 5.56 Å². The molecule has 0 bridgehead atoms. The second-order valence-corrected chi connectivity index (χ2v) is 5.35. The Labute approximate surface area is 127 Å². The predicted molar refractivity (Wildman–Crippen MR) is 85.7 cm³/mol. The van der Waals surface area contributed by atoms with Gasteiger partial charge < -0.3 is 10.2 Å². The number of carbonyl (C=O) groups is 2. The zero-order valence-corrected chi connectivity index (χ0v) is 13.5. The highest BCUT2D eigenvalue weighted by molar-refractivity contribution is 6.08. The molecule has 1 aromatic carbocycles. The van der Waals surface area contributed by atoms with Crippen molar-refractivity contribution in [3.8, 4) is 0 Å². The lowest BCUT2D eigenvalue weighted by molar-refractivity contribution is 0.0910. The zero-order valence-electron chi connectivity index (χ0n) is 13.5. The molecule has 4 nitrogen and oxygen atoms in total. The third-order valence-electron chi connectivity index (χ3n) is 3.57. The van der Waals surface area contributed by atoms with Gasteiger partial charge in [0.1, 0.15) is 0 Å². The first-order chi connectivity index (χ1) is 10.0. The summed E-state index contributed by atoms with van der Waals surface area (Å²) in [6.45, 7) is 11.2. The van der Waals surface area contributed by atoms with Crippen LogP contribution in [0.25, 0.3) is 0 Å². The van der Waals surface area contributed by atoms with Crippen LogP contribution in [0.15, 0.2) is 24.3 Å². The number of nitrogens with zero attached hydrogens (tertiary/aromatic N) is 1. The Balaban J connectivity index is 2.72. The van der Waals surface area contributed by atoms with E-state index in [0.717, 1.165) is 19.6 Å². The van der Waals surface area contributed by atoms with Gasteiger partial charge in [-0.15, -0.1) is 0 Å². The largest absolute Gasteiger partial charge is 0.351 e. The maximum Gasteiger partial charge on any atom is 0.252 e. The quantitative estimate of drug-likeness (QED) is 0.749. The molecule has 0 aromatic heterocycles. The molecule has 21 heavy (non-hydrogen) atoms. The van der Waals surface area contributed by atoms with Crippen molar-refractivity contribution in [3.63, 3.8) is 0 Å². The Bertz CT molecular complexity index is 479. The second kappa shape index (κ2) is 8.57. The molecule has 4 heteroatoms. The molecule has 0 aliphatic heterocycles. The molecule has 0 radical (unpaired) electrons. The first-order valence-electron chi connectivity index (χ1n) is 7.65. The molecule has 0 unspecified atom stereocenters. The number of rotatable bonds is 8. The first kappa shape index (κ1) is 17.4. The van der Waals surface area contributed by atoms with Crippen molar-refractivity contribution in [2.45, 2.75) is 27.7 Å². The number of nitrogens with one attached hydrogen (secondary N) is 1. The average molecular weight is 290 g/mol. The normalized spacial score (nSPS) is 11.0. The Morgan fingerprint density at radius 1 is 1.10 bits per heavy atom. The minimum Gasteiger partial charge on any atom is -0.351 e. The van der Waals surface area contributed by atoms with Crippen molar-refractivity contribution in [2.24, 2.45) is 5.92 Å². The molecule has 1 rings (SSSR count). The van der Waals surface area contributed by atoms with E-state index in [1.54, 1.807) is 24.3 Å². The van der Waals surface area contributed by atoms with Crippen molar-refractivity contribution in [1.29, 1.82) is 0 Å². The topological polar surface area (TPSA) is 49.4 Å². The van der Waals surface area contributed by atoms with Gasteiger partial charge in [-0.25, -0.2) is 0 Å². The number of ketones is 1. The minimum atomic E-state index is -0.174. The number of carbonyl (C=O) groups excluding carboxylic acids is 2. The van der Waals surface area contributed by atoms with Crippen LogP contribution in [0.3, 0.4) is 0 Å². The van der Waals surface area contributed by atoms with Crippen LogP contribution in [0.4, 0.5) is 0 Å². The summed E-state index contributed by atoms with van der Waals surface area (Å²) in [5, 5.41) is 2.90. The maximum absolute atomic E-state index is 12.3. The van der Waals surface area contributed by atoms with E-state index in [0.29, 0.717) is 17.7 Å². The SMILES string of the molecule is CCN(CC)CCNC(=O)c1ccccc1C(=O)C(C)C. The smallest absolute Gasteiger partial charge is 0.252 e. The summed E-state index contributed by atoms with van der Waals surface area (Å²) in [5.74, 6) is -0.286. The molecule has 0 fully saturated rings. The van der Waals surface area contributed by atoms with Crippen LogP contribution < -0.4 is 5.32 Å². The number of hydrogen-bond acceptors (Lipinski definition) is 3. The molecule has 0 saturated carbocycles. The summed E-state index contributed by atoms with van der Waals surface area (Å²) in [7, 11) is 0. The van der Waals surface area contributed by atoms with E-state index >= 15 is 0 Å². The van der Waals surface area contributed by atoms with Gasteiger partial charge in [-0.3, -0.25) is 9.59 Å². The molecule has 0 aliphatic carbocycles. The summed E-state index contributed by atoms with van der Waals surface area (Å²) in [4.78, 5) is 26.7. The van der Waals surface area contributed by atoms with Gasteiger partial charge >= 0.3 is 0 Å². The predicted octanol–water partition coefficient (Wildman–Crippen LogP) is 2.60. The molecule has 0 atom stereocenters. The second-order valence-electron chi connectivity index (χ2n) is 5.35. The number of Topliss-reactive ketones (excluding diaryl/α,β-unsaturated/α-hetero) is 1. The van der Waals surface area contributed by atoms with Crippen molar-refractivity contribution >= 4 is 11.7 Å². The van der Waals surface area contributed by atoms with Gasteiger partial charge in [-0.2, -0.15) is 0 Å². The summed E-state index contributed by atoms with van der Waals surface area (Å²) in [6, 6.07) is 7.02. The highest BCUT2D eigenvalue weighted by atomic mass is 16.2. The van der Waals surface area contributed by atoms with E-state index in [4.69, 9.17) is 0 Å². The Hall–Kier alpha value is -1.68. The molecule has 1 amide bonds. The average Bonchev–Trinajstić information content (AvgIpc) is 2.50. The fraction of sp³-hybridized carbons (Fsp3) is 0.529. The van der Waals surface area contributed by atoms with Gasteiger partial charge in [-0.1, -0.05) is 45.9 Å². The number of likely N-dealkylation sites (N-methyl/N-ethyl adjacent to an activating group) is 1. The van der Waals surface area contributed by atoms with E-state index < -0.39 is 0 Å².